The lowest BCUT2D eigenvalue weighted by molar-refractivity contribution is -0.142. The van der Waals surface area contributed by atoms with Gasteiger partial charge in [0.1, 0.15) is 6.04 Å². The standard InChI is InChI=1S/C26H31N3O4S/c1-4-18(13-30)29-22(24(32)28-17-10-9-15-7-5-6-8-16(15)12-17)26-14(2)11-19(34-26)20(23(31)27-3)21(26)25(29)33/h5-10,12,14,18-22,30H,4,11,13H2,1-3H3,(H,27,31)(H,28,32)/t14?,18-,19-,20+,21-,22?,26?/m0/s1. The number of aliphatic hydroxyl groups excluding tert-OH is 1. The largest absolute Gasteiger partial charge is 0.394 e. The van der Waals surface area contributed by atoms with Gasteiger partial charge in [0.25, 0.3) is 0 Å². The zero-order valence-corrected chi connectivity index (χ0v) is 20.5. The van der Waals surface area contributed by atoms with Crippen LogP contribution < -0.4 is 10.6 Å². The van der Waals surface area contributed by atoms with E-state index < -0.39 is 28.7 Å². The summed E-state index contributed by atoms with van der Waals surface area (Å²) in [5, 5.41) is 18.0. The zero-order chi connectivity index (χ0) is 24.2. The molecule has 2 aromatic rings. The van der Waals surface area contributed by atoms with Crippen LogP contribution in [0.2, 0.25) is 0 Å². The first kappa shape index (κ1) is 23.2. The highest BCUT2D eigenvalue weighted by molar-refractivity contribution is 8.02. The van der Waals surface area contributed by atoms with Gasteiger partial charge in [-0.05, 0) is 41.7 Å². The molecular weight excluding hydrogens is 450 g/mol. The van der Waals surface area contributed by atoms with Crippen LogP contribution in [-0.4, -0.2) is 63.5 Å². The smallest absolute Gasteiger partial charge is 0.248 e. The number of anilines is 1. The Morgan fingerprint density at radius 1 is 1.21 bits per heavy atom. The van der Waals surface area contributed by atoms with E-state index in [-0.39, 0.29) is 35.5 Å². The number of carbonyl (C=O) groups excluding carboxylic acids is 3. The summed E-state index contributed by atoms with van der Waals surface area (Å²) < 4.78 is -0.692. The summed E-state index contributed by atoms with van der Waals surface area (Å²) in [6, 6.07) is 12.5. The number of hydrogen-bond donors (Lipinski definition) is 3. The predicted octanol–water partition coefficient (Wildman–Crippen LogP) is 2.63. The van der Waals surface area contributed by atoms with Gasteiger partial charge in [0, 0.05) is 18.0 Å². The van der Waals surface area contributed by atoms with Gasteiger partial charge in [-0.3, -0.25) is 14.4 Å². The number of thioether (sulfide) groups is 1. The summed E-state index contributed by atoms with van der Waals surface area (Å²) in [5.74, 6) is -1.52. The summed E-state index contributed by atoms with van der Waals surface area (Å²) in [6.45, 7) is 3.77. The van der Waals surface area contributed by atoms with Crippen molar-refractivity contribution in [2.45, 2.75) is 48.8 Å². The molecule has 180 valence electrons. The molecule has 0 saturated carbocycles. The predicted molar refractivity (Wildman–Crippen MR) is 133 cm³/mol. The molecule has 3 amide bonds. The Morgan fingerprint density at radius 2 is 1.94 bits per heavy atom. The monoisotopic (exact) mass is 481 g/mol. The third-order valence-corrected chi connectivity index (χ3v) is 10.1. The fourth-order valence-electron chi connectivity index (χ4n) is 6.51. The SMILES string of the molecule is CC[C@@H](CO)N1C(=O)[C@@H]2[C@H](C(=O)NC)[C@@H]3CC(C)C2(S3)C1C(=O)Nc1ccc2ccccc2c1. The second kappa shape index (κ2) is 8.57. The van der Waals surface area contributed by atoms with E-state index in [2.05, 4.69) is 17.6 Å². The van der Waals surface area contributed by atoms with Gasteiger partial charge in [0.2, 0.25) is 17.7 Å². The Kier molecular flexibility index (Phi) is 5.84. The first-order valence-electron chi connectivity index (χ1n) is 12.0. The third kappa shape index (κ3) is 3.18. The molecule has 34 heavy (non-hydrogen) atoms. The molecule has 3 fully saturated rings. The molecule has 2 aromatic carbocycles. The van der Waals surface area contributed by atoms with E-state index >= 15 is 0 Å². The van der Waals surface area contributed by atoms with Gasteiger partial charge in [-0.25, -0.2) is 0 Å². The Hall–Kier alpha value is -2.58. The van der Waals surface area contributed by atoms with Crippen molar-refractivity contribution in [1.29, 1.82) is 0 Å². The van der Waals surface area contributed by atoms with Crippen molar-refractivity contribution < 1.29 is 19.5 Å². The van der Waals surface area contributed by atoms with Crippen molar-refractivity contribution >= 4 is 45.9 Å². The molecule has 0 radical (unpaired) electrons. The minimum atomic E-state index is -0.756. The summed E-state index contributed by atoms with van der Waals surface area (Å²) in [5.41, 5.74) is 0.668. The Morgan fingerprint density at radius 3 is 2.62 bits per heavy atom. The molecule has 0 aromatic heterocycles. The molecule has 8 heteroatoms. The maximum absolute atomic E-state index is 14.0. The number of nitrogens with one attached hydrogen (secondary N) is 2. The quantitative estimate of drug-likeness (QED) is 0.589. The van der Waals surface area contributed by atoms with Crippen LogP contribution in [0.1, 0.15) is 26.7 Å². The molecule has 7 nitrogen and oxygen atoms in total. The number of hydrogen-bond acceptors (Lipinski definition) is 5. The molecular formula is C26H31N3O4S. The third-order valence-electron chi connectivity index (χ3n) is 8.07. The molecule has 3 saturated heterocycles. The average Bonchev–Trinajstić information content (AvgIpc) is 3.43. The van der Waals surface area contributed by atoms with Gasteiger partial charge in [-0.1, -0.05) is 44.2 Å². The lowest BCUT2D eigenvalue weighted by Gasteiger charge is -2.39. The van der Waals surface area contributed by atoms with Crippen molar-refractivity contribution in [3.63, 3.8) is 0 Å². The summed E-state index contributed by atoms with van der Waals surface area (Å²) in [7, 11) is 1.60. The number of benzene rings is 2. The highest BCUT2D eigenvalue weighted by Gasteiger charge is 2.76. The highest BCUT2D eigenvalue weighted by Crippen LogP contribution is 2.68. The number of rotatable bonds is 6. The van der Waals surface area contributed by atoms with Crippen molar-refractivity contribution in [2.75, 3.05) is 19.0 Å². The van der Waals surface area contributed by atoms with Crippen LogP contribution in [0.15, 0.2) is 42.5 Å². The average molecular weight is 482 g/mol. The van der Waals surface area contributed by atoms with Crippen LogP contribution in [0.25, 0.3) is 10.8 Å². The maximum atomic E-state index is 14.0. The highest BCUT2D eigenvalue weighted by atomic mass is 32.2. The first-order valence-corrected chi connectivity index (χ1v) is 12.9. The van der Waals surface area contributed by atoms with Crippen molar-refractivity contribution in [2.24, 2.45) is 17.8 Å². The van der Waals surface area contributed by atoms with Crippen molar-refractivity contribution in [3.8, 4) is 0 Å². The van der Waals surface area contributed by atoms with Gasteiger partial charge >= 0.3 is 0 Å². The van der Waals surface area contributed by atoms with Gasteiger partial charge in [-0.15, -0.1) is 11.8 Å². The van der Waals surface area contributed by atoms with Gasteiger partial charge in [-0.2, -0.15) is 0 Å². The second-order valence-corrected chi connectivity index (χ2v) is 11.3. The van der Waals surface area contributed by atoms with E-state index in [1.807, 2.05) is 49.4 Å². The van der Waals surface area contributed by atoms with E-state index in [4.69, 9.17) is 0 Å². The fraction of sp³-hybridized carbons (Fsp3) is 0.500. The van der Waals surface area contributed by atoms with Gasteiger partial charge in [0.15, 0.2) is 0 Å². The number of amides is 3. The van der Waals surface area contributed by atoms with Crippen LogP contribution >= 0.6 is 11.8 Å². The van der Waals surface area contributed by atoms with Crippen LogP contribution in [0.5, 0.6) is 0 Å². The molecule has 5 rings (SSSR count). The Labute approximate surface area is 203 Å². The molecule has 3 unspecified atom stereocenters. The lowest BCUT2D eigenvalue weighted by Crippen LogP contribution is -2.57. The lowest BCUT2D eigenvalue weighted by atomic mass is 9.66. The molecule has 3 N–H and O–H groups in total. The molecule has 1 spiro atoms. The van der Waals surface area contributed by atoms with Crippen LogP contribution in [0, 0.1) is 17.8 Å². The summed E-state index contributed by atoms with van der Waals surface area (Å²) in [6.07, 6.45) is 1.31. The minimum absolute atomic E-state index is 0.0104. The van der Waals surface area contributed by atoms with E-state index in [9.17, 15) is 19.5 Å². The van der Waals surface area contributed by atoms with Crippen LogP contribution in [0.3, 0.4) is 0 Å². The maximum Gasteiger partial charge on any atom is 0.248 e. The topological polar surface area (TPSA) is 98.7 Å². The zero-order valence-electron chi connectivity index (χ0n) is 19.7. The number of fused-ring (bicyclic) bond motifs is 2. The van der Waals surface area contributed by atoms with Crippen molar-refractivity contribution in [1.82, 2.24) is 10.2 Å². The Balaban J connectivity index is 1.56. The molecule has 3 heterocycles. The number of aliphatic hydroxyl groups is 1. The number of carbonyl (C=O) groups is 3. The fourth-order valence-corrected chi connectivity index (χ4v) is 8.92. The number of nitrogens with zero attached hydrogens (tertiary/aromatic N) is 1. The molecule has 0 aliphatic carbocycles. The van der Waals surface area contributed by atoms with E-state index in [0.29, 0.717) is 12.1 Å². The number of likely N-dealkylation sites (tertiary alicyclic amines) is 1. The molecule has 7 atom stereocenters. The van der Waals surface area contributed by atoms with Crippen LogP contribution in [-0.2, 0) is 14.4 Å². The van der Waals surface area contributed by atoms with Gasteiger partial charge < -0.3 is 20.6 Å². The molecule has 3 aliphatic rings. The molecule has 2 bridgehead atoms. The van der Waals surface area contributed by atoms with Crippen LogP contribution in [0.4, 0.5) is 5.69 Å². The van der Waals surface area contributed by atoms with Crippen molar-refractivity contribution in [3.05, 3.63) is 42.5 Å². The first-order chi connectivity index (χ1) is 16.4. The van der Waals surface area contributed by atoms with Gasteiger partial charge in [0.05, 0.1) is 29.2 Å². The Bertz CT molecular complexity index is 1150. The van der Waals surface area contributed by atoms with E-state index in [1.54, 1.807) is 23.7 Å². The summed E-state index contributed by atoms with van der Waals surface area (Å²) >= 11 is 1.64. The van der Waals surface area contributed by atoms with E-state index in [0.717, 1.165) is 17.2 Å². The van der Waals surface area contributed by atoms with E-state index in [1.165, 1.54) is 0 Å². The minimum Gasteiger partial charge on any atom is -0.394 e. The normalized spacial score (nSPS) is 32.6. The summed E-state index contributed by atoms with van der Waals surface area (Å²) in [4.78, 5) is 42.3. The molecule has 3 aliphatic heterocycles. The second-order valence-electron chi connectivity index (χ2n) is 9.71.